The average Bonchev–Trinajstić information content (AvgIpc) is 3.10. The fourth-order valence-corrected chi connectivity index (χ4v) is 4.09. The maximum absolute atomic E-state index is 12.9. The second kappa shape index (κ2) is 8.32. The number of amides is 1. The lowest BCUT2D eigenvalue weighted by molar-refractivity contribution is -0.138. The van der Waals surface area contributed by atoms with Gasteiger partial charge < -0.3 is 4.90 Å². The van der Waals surface area contributed by atoms with Gasteiger partial charge >= 0.3 is 0 Å². The number of likely N-dealkylation sites (tertiary alicyclic amines) is 1. The summed E-state index contributed by atoms with van der Waals surface area (Å²) < 4.78 is 0. The zero-order chi connectivity index (χ0) is 16.9. The van der Waals surface area contributed by atoms with E-state index < -0.39 is 0 Å². The van der Waals surface area contributed by atoms with Crippen LogP contribution in [-0.4, -0.2) is 65.9 Å². The minimum absolute atomic E-state index is 0.0898. The van der Waals surface area contributed by atoms with Gasteiger partial charge in [0.05, 0.1) is 6.04 Å². The van der Waals surface area contributed by atoms with Gasteiger partial charge in [-0.3, -0.25) is 14.6 Å². The van der Waals surface area contributed by atoms with Crippen molar-refractivity contribution in [1.82, 2.24) is 14.7 Å². The molecule has 4 nitrogen and oxygen atoms in total. The Hall–Kier alpha value is -1.10. The molecule has 1 aromatic rings. The quantitative estimate of drug-likeness (QED) is 0.817. The third-order valence-corrected chi connectivity index (χ3v) is 5.47. The molecule has 24 heavy (non-hydrogen) atoms. The van der Waals surface area contributed by atoms with Crippen LogP contribution in [0.4, 0.5) is 0 Å². The van der Waals surface area contributed by atoms with Gasteiger partial charge in [0.2, 0.25) is 5.91 Å². The normalized spacial score (nSPS) is 21.2. The molecule has 2 aliphatic heterocycles. The molecule has 0 radical (unpaired) electrons. The van der Waals surface area contributed by atoms with Crippen molar-refractivity contribution in [2.45, 2.75) is 38.8 Å². The largest absolute Gasteiger partial charge is 0.339 e. The predicted molar refractivity (Wildman–Crippen MR) is 98.2 cm³/mol. The minimum atomic E-state index is 0.0898. The Labute approximate surface area is 150 Å². The number of carbonyl (C=O) groups is 1. The molecule has 0 spiro atoms. The number of halogens is 1. The fraction of sp³-hybridized carbons (Fsp3) is 0.632. The Morgan fingerprint density at radius 1 is 1.12 bits per heavy atom. The van der Waals surface area contributed by atoms with Crippen molar-refractivity contribution in [3.8, 4) is 0 Å². The number of hydrogen-bond donors (Lipinski definition) is 0. The molecule has 0 N–H and O–H groups in total. The van der Waals surface area contributed by atoms with E-state index in [1.54, 1.807) is 0 Å². The zero-order valence-electron chi connectivity index (χ0n) is 14.6. The van der Waals surface area contributed by atoms with Gasteiger partial charge in [-0.05, 0) is 50.0 Å². The van der Waals surface area contributed by atoms with Crippen LogP contribution >= 0.6 is 11.6 Å². The molecule has 5 heteroatoms. The molecule has 1 amide bonds. The lowest BCUT2D eigenvalue weighted by atomic mass is 10.1. The van der Waals surface area contributed by atoms with Crippen LogP contribution in [0.3, 0.4) is 0 Å². The number of piperazine rings is 1. The summed E-state index contributed by atoms with van der Waals surface area (Å²) in [4.78, 5) is 19.7. The molecule has 2 aliphatic rings. The predicted octanol–water partition coefficient (Wildman–Crippen LogP) is 2.86. The number of benzene rings is 1. The van der Waals surface area contributed by atoms with Crippen molar-refractivity contribution in [3.63, 3.8) is 0 Å². The second-order valence-electron chi connectivity index (χ2n) is 6.90. The van der Waals surface area contributed by atoms with Crippen LogP contribution in [0.1, 0.15) is 31.7 Å². The molecule has 2 saturated heterocycles. The lowest BCUT2D eigenvalue weighted by Gasteiger charge is -2.38. The highest BCUT2D eigenvalue weighted by molar-refractivity contribution is 6.30. The Kier molecular flexibility index (Phi) is 6.14. The molecule has 132 valence electrons. The topological polar surface area (TPSA) is 26.8 Å². The van der Waals surface area contributed by atoms with Crippen LogP contribution < -0.4 is 0 Å². The smallest absolute Gasteiger partial charge is 0.240 e. The molecule has 0 aromatic heterocycles. The molecule has 1 aromatic carbocycles. The first-order valence-electron chi connectivity index (χ1n) is 9.17. The molecule has 0 bridgehead atoms. The summed E-state index contributed by atoms with van der Waals surface area (Å²) in [5, 5.41) is 0.790. The highest BCUT2D eigenvalue weighted by Crippen LogP contribution is 2.18. The standard InChI is InChI=1S/C19H28ClN3O/c1-2-18(22-8-3-4-9-22)19(24)23-12-10-21(11-13-23)15-16-6-5-7-17(20)14-16/h5-7,14,18H,2-4,8-13,15H2,1H3/t18-/m0/s1. The maximum atomic E-state index is 12.9. The first-order chi connectivity index (χ1) is 11.7. The van der Waals surface area contributed by atoms with E-state index in [1.807, 2.05) is 18.2 Å². The first-order valence-corrected chi connectivity index (χ1v) is 9.55. The van der Waals surface area contributed by atoms with Crippen LogP contribution in [0, 0.1) is 0 Å². The Bertz CT molecular complexity index is 551. The van der Waals surface area contributed by atoms with E-state index in [0.29, 0.717) is 5.91 Å². The van der Waals surface area contributed by atoms with Gasteiger partial charge in [-0.1, -0.05) is 30.7 Å². The number of carbonyl (C=O) groups excluding carboxylic acids is 1. The van der Waals surface area contributed by atoms with E-state index in [-0.39, 0.29) is 6.04 Å². The van der Waals surface area contributed by atoms with E-state index in [0.717, 1.165) is 57.3 Å². The summed E-state index contributed by atoms with van der Waals surface area (Å²) in [5.74, 6) is 0.335. The molecule has 3 rings (SSSR count). The van der Waals surface area contributed by atoms with Crippen LogP contribution in [0.25, 0.3) is 0 Å². The Morgan fingerprint density at radius 3 is 2.46 bits per heavy atom. The molecular weight excluding hydrogens is 322 g/mol. The van der Waals surface area contributed by atoms with Crippen molar-refractivity contribution < 1.29 is 4.79 Å². The van der Waals surface area contributed by atoms with Gasteiger partial charge in [-0.2, -0.15) is 0 Å². The highest BCUT2D eigenvalue weighted by Gasteiger charge is 2.31. The third kappa shape index (κ3) is 4.29. The van der Waals surface area contributed by atoms with Crippen molar-refractivity contribution in [2.24, 2.45) is 0 Å². The van der Waals surface area contributed by atoms with Gasteiger partial charge in [0.15, 0.2) is 0 Å². The molecule has 0 unspecified atom stereocenters. The number of rotatable bonds is 5. The van der Waals surface area contributed by atoms with Crippen molar-refractivity contribution in [1.29, 1.82) is 0 Å². The summed E-state index contributed by atoms with van der Waals surface area (Å²) >= 11 is 6.06. The summed E-state index contributed by atoms with van der Waals surface area (Å²) in [6.45, 7) is 8.76. The Balaban J connectivity index is 1.51. The van der Waals surface area contributed by atoms with E-state index in [1.165, 1.54) is 18.4 Å². The maximum Gasteiger partial charge on any atom is 0.240 e. The van der Waals surface area contributed by atoms with Crippen LogP contribution in [-0.2, 0) is 11.3 Å². The molecule has 2 fully saturated rings. The molecule has 0 aliphatic carbocycles. The molecular formula is C19H28ClN3O. The summed E-state index contributed by atoms with van der Waals surface area (Å²) in [6.07, 6.45) is 3.38. The van der Waals surface area contributed by atoms with Gasteiger partial charge in [0.1, 0.15) is 0 Å². The van der Waals surface area contributed by atoms with Crippen molar-refractivity contribution >= 4 is 17.5 Å². The van der Waals surface area contributed by atoms with Crippen molar-refractivity contribution in [3.05, 3.63) is 34.9 Å². The summed E-state index contributed by atoms with van der Waals surface area (Å²) in [6, 6.07) is 8.14. The summed E-state index contributed by atoms with van der Waals surface area (Å²) in [5.41, 5.74) is 1.24. The monoisotopic (exact) mass is 349 g/mol. The second-order valence-corrected chi connectivity index (χ2v) is 7.33. The zero-order valence-corrected chi connectivity index (χ0v) is 15.3. The number of hydrogen-bond acceptors (Lipinski definition) is 3. The first kappa shape index (κ1) is 17.7. The molecule has 1 atom stereocenters. The van der Waals surface area contributed by atoms with Crippen molar-refractivity contribution in [2.75, 3.05) is 39.3 Å². The summed E-state index contributed by atoms with van der Waals surface area (Å²) in [7, 11) is 0. The average molecular weight is 350 g/mol. The van der Waals surface area contributed by atoms with Gasteiger partial charge in [-0.15, -0.1) is 0 Å². The van der Waals surface area contributed by atoms with Crippen LogP contribution in [0.5, 0.6) is 0 Å². The Morgan fingerprint density at radius 2 is 1.83 bits per heavy atom. The number of nitrogens with zero attached hydrogens (tertiary/aromatic N) is 3. The van der Waals surface area contributed by atoms with E-state index >= 15 is 0 Å². The molecule has 0 saturated carbocycles. The van der Waals surface area contributed by atoms with E-state index in [9.17, 15) is 4.79 Å². The van der Waals surface area contributed by atoms with Gasteiger partial charge in [-0.25, -0.2) is 0 Å². The van der Waals surface area contributed by atoms with Gasteiger partial charge in [0, 0.05) is 37.7 Å². The van der Waals surface area contributed by atoms with E-state index in [2.05, 4.69) is 27.7 Å². The third-order valence-electron chi connectivity index (χ3n) is 5.23. The highest BCUT2D eigenvalue weighted by atomic mass is 35.5. The van der Waals surface area contributed by atoms with Gasteiger partial charge in [0.25, 0.3) is 0 Å². The lowest BCUT2D eigenvalue weighted by Crippen LogP contribution is -2.54. The minimum Gasteiger partial charge on any atom is -0.339 e. The molecule has 2 heterocycles. The van der Waals surface area contributed by atoms with E-state index in [4.69, 9.17) is 11.6 Å². The van der Waals surface area contributed by atoms with Crippen LogP contribution in [0.15, 0.2) is 24.3 Å². The SMILES string of the molecule is CC[C@@H](C(=O)N1CCN(Cc2cccc(Cl)c2)CC1)N1CCCC1. The fourth-order valence-electron chi connectivity index (χ4n) is 3.87. The van der Waals surface area contributed by atoms with Crippen LogP contribution in [0.2, 0.25) is 5.02 Å².